The number of aliphatic hydroxyl groups is 1. The maximum atomic E-state index is 11.4. The highest BCUT2D eigenvalue weighted by Crippen LogP contribution is 2.35. The number of benzene rings is 2. The molecule has 0 amide bonds. The molecular weight excluding hydrogens is 318 g/mol. The third-order valence-corrected chi connectivity index (χ3v) is 4.45. The van der Waals surface area contributed by atoms with E-state index in [-0.39, 0.29) is 12.6 Å². The molecule has 2 aromatic rings. The fourth-order valence-corrected chi connectivity index (χ4v) is 3.20. The second kappa shape index (κ2) is 7.57. The molecule has 1 N–H and O–H groups in total. The zero-order valence-corrected chi connectivity index (χ0v) is 14.5. The van der Waals surface area contributed by atoms with Crippen molar-refractivity contribution < 1.29 is 19.4 Å². The lowest BCUT2D eigenvalue weighted by molar-refractivity contribution is 0.0600. The number of para-hydroxylation sites is 1. The number of fused-ring (bicyclic) bond motifs is 1. The Hall–Kier alpha value is -2.53. The van der Waals surface area contributed by atoms with Crippen molar-refractivity contribution in [2.45, 2.75) is 18.9 Å². The largest absolute Gasteiger partial charge is 0.491 e. The van der Waals surface area contributed by atoms with E-state index < -0.39 is 6.10 Å². The standard InChI is InChI=1S/C20H23NO4/c1-14-11-21(19-6-4-3-5-18(14)19)12-16(22)13-25-17-9-7-15(8-10-17)20(23)24-2/h3-10,14,16,22H,11-13H2,1-2H3/t14-,16+/m0/s1. The molecule has 5 nitrogen and oxygen atoms in total. The Kier molecular flexibility index (Phi) is 5.24. The predicted octanol–water partition coefficient (Wildman–Crippen LogP) is 2.84. The van der Waals surface area contributed by atoms with Gasteiger partial charge in [-0.1, -0.05) is 25.1 Å². The third-order valence-electron chi connectivity index (χ3n) is 4.45. The van der Waals surface area contributed by atoms with Gasteiger partial charge in [0.05, 0.1) is 12.7 Å². The number of hydrogen-bond acceptors (Lipinski definition) is 5. The SMILES string of the molecule is COC(=O)c1ccc(OC[C@H](O)CN2C[C@H](C)c3ccccc32)cc1. The molecule has 0 saturated heterocycles. The molecule has 0 bridgehead atoms. The molecule has 2 atom stereocenters. The number of methoxy groups -OCH3 is 1. The fraction of sp³-hybridized carbons (Fsp3) is 0.350. The van der Waals surface area contributed by atoms with E-state index >= 15 is 0 Å². The van der Waals surface area contributed by atoms with Crippen molar-refractivity contribution in [2.24, 2.45) is 0 Å². The number of esters is 1. The molecule has 3 rings (SSSR count). The van der Waals surface area contributed by atoms with E-state index in [9.17, 15) is 9.90 Å². The Morgan fingerprint density at radius 3 is 2.68 bits per heavy atom. The van der Waals surface area contributed by atoms with E-state index in [0.29, 0.717) is 23.8 Å². The van der Waals surface area contributed by atoms with Gasteiger partial charge in [0.1, 0.15) is 18.5 Å². The molecule has 0 unspecified atom stereocenters. The van der Waals surface area contributed by atoms with Crippen LogP contribution in [0.3, 0.4) is 0 Å². The topological polar surface area (TPSA) is 59.0 Å². The number of nitrogens with zero attached hydrogens (tertiary/aromatic N) is 1. The van der Waals surface area contributed by atoms with Crippen LogP contribution in [0.2, 0.25) is 0 Å². The van der Waals surface area contributed by atoms with Crippen LogP contribution in [-0.4, -0.2) is 44.0 Å². The number of β-amino-alcohol motifs (C(OH)–C–C–N with tert-alkyl or cyclic N) is 1. The summed E-state index contributed by atoms with van der Waals surface area (Å²) in [5, 5.41) is 10.3. The van der Waals surface area contributed by atoms with Gasteiger partial charge in [0.2, 0.25) is 0 Å². The van der Waals surface area contributed by atoms with Crippen LogP contribution in [0.5, 0.6) is 5.75 Å². The van der Waals surface area contributed by atoms with E-state index in [1.165, 1.54) is 18.4 Å². The Bertz CT molecular complexity index is 729. The molecule has 0 aromatic heterocycles. The highest BCUT2D eigenvalue weighted by Gasteiger charge is 2.26. The summed E-state index contributed by atoms with van der Waals surface area (Å²) in [5.74, 6) is 0.700. The number of anilines is 1. The zero-order valence-electron chi connectivity index (χ0n) is 14.5. The van der Waals surface area contributed by atoms with Crippen LogP contribution < -0.4 is 9.64 Å². The van der Waals surface area contributed by atoms with Gasteiger partial charge in [0.15, 0.2) is 0 Å². The van der Waals surface area contributed by atoms with Crippen LogP contribution in [0.25, 0.3) is 0 Å². The molecule has 1 aliphatic heterocycles. The summed E-state index contributed by atoms with van der Waals surface area (Å²) in [6.07, 6.45) is -0.598. The number of carbonyl (C=O) groups excluding carboxylic acids is 1. The minimum atomic E-state index is -0.598. The molecule has 1 aliphatic rings. The summed E-state index contributed by atoms with van der Waals surface area (Å²) in [6, 6.07) is 15.0. The number of carbonyl (C=O) groups is 1. The fourth-order valence-electron chi connectivity index (χ4n) is 3.20. The molecule has 132 valence electrons. The van der Waals surface area contributed by atoms with Crippen molar-refractivity contribution >= 4 is 11.7 Å². The van der Waals surface area contributed by atoms with E-state index in [1.54, 1.807) is 24.3 Å². The van der Waals surface area contributed by atoms with E-state index in [2.05, 4.69) is 34.8 Å². The maximum absolute atomic E-state index is 11.4. The first-order valence-electron chi connectivity index (χ1n) is 8.41. The van der Waals surface area contributed by atoms with E-state index in [0.717, 1.165) is 6.54 Å². The molecule has 0 radical (unpaired) electrons. The van der Waals surface area contributed by atoms with Gasteiger partial charge in [-0.25, -0.2) is 4.79 Å². The smallest absolute Gasteiger partial charge is 0.337 e. The highest BCUT2D eigenvalue weighted by molar-refractivity contribution is 5.89. The van der Waals surface area contributed by atoms with Crippen LogP contribution in [0.1, 0.15) is 28.8 Å². The number of rotatable bonds is 6. The number of ether oxygens (including phenoxy) is 2. The lowest BCUT2D eigenvalue weighted by atomic mass is 10.0. The van der Waals surface area contributed by atoms with Gasteiger partial charge < -0.3 is 19.5 Å². The third kappa shape index (κ3) is 3.94. The van der Waals surface area contributed by atoms with Crippen molar-refractivity contribution in [3.05, 3.63) is 59.7 Å². The molecule has 2 aromatic carbocycles. The van der Waals surface area contributed by atoms with Gasteiger partial charge in [-0.3, -0.25) is 0 Å². The number of hydrogen-bond donors (Lipinski definition) is 1. The normalized spacial score (nSPS) is 17.1. The lowest BCUT2D eigenvalue weighted by Crippen LogP contribution is -2.34. The Balaban J connectivity index is 1.54. The maximum Gasteiger partial charge on any atom is 0.337 e. The summed E-state index contributed by atoms with van der Waals surface area (Å²) in [7, 11) is 1.35. The summed E-state index contributed by atoms with van der Waals surface area (Å²) < 4.78 is 10.3. The van der Waals surface area contributed by atoms with Crippen LogP contribution in [0, 0.1) is 0 Å². The van der Waals surface area contributed by atoms with Crippen LogP contribution >= 0.6 is 0 Å². The van der Waals surface area contributed by atoms with Gasteiger partial charge in [-0.15, -0.1) is 0 Å². The first-order chi connectivity index (χ1) is 12.1. The second-order valence-corrected chi connectivity index (χ2v) is 6.35. The summed E-state index contributed by atoms with van der Waals surface area (Å²) >= 11 is 0. The van der Waals surface area contributed by atoms with Crippen molar-refractivity contribution in [2.75, 3.05) is 31.7 Å². The molecule has 0 spiro atoms. The van der Waals surface area contributed by atoms with Gasteiger partial charge in [0, 0.05) is 24.7 Å². The monoisotopic (exact) mass is 341 g/mol. The van der Waals surface area contributed by atoms with Crippen LogP contribution in [-0.2, 0) is 4.74 Å². The minimum Gasteiger partial charge on any atom is -0.491 e. The van der Waals surface area contributed by atoms with Crippen molar-refractivity contribution in [1.82, 2.24) is 0 Å². The Labute approximate surface area is 147 Å². The summed E-state index contributed by atoms with van der Waals surface area (Å²) in [4.78, 5) is 13.6. The lowest BCUT2D eigenvalue weighted by Gasteiger charge is -2.23. The molecule has 1 heterocycles. The second-order valence-electron chi connectivity index (χ2n) is 6.35. The quantitative estimate of drug-likeness (QED) is 0.819. The summed E-state index contributed by atoms with van der Waals surface area (Å²) in [5.41, 5.74) is 2.99. The van der Waals surface area contributed by atoms with Crippen molar-refractivity contribution in [1.29, 1.82) is 0 Å². The average molecular weight is 341 g/mol. The van der Waals surface area contributed by atoms with Crippen molar-refractivity contribution in [3.8, 4) is 5.75 Å². The summed E-state index contributed by atoms with van der Waals surface area (Å²) in [6.45, 7) is 3.83. The van der Waals surface area contributed by atoms with Crippen LogP contribution in [0.4, 0.5) is 5.69 Å². The highest BCUT2D eigenvalue weighted by atomic mass is 16.5. The predicted molar refractivity (Wildman–Crippen MR) is 96.4 cm³/mol. The van der Waals surface area contributed by atoms with Gasteiger partial charge >= 0.3 is 5.97 Å². The van der Waals surface area contributed by atoms with E-state index in [1.807, 2.05) is 6.07 Å². The first-order valence-corrected chi connectivity index (χ1v) is 8.41. The van der Waals surface area contributed by atoms with Gasteiger partial charge in [-0.2, -0.15) is 0 Å². The van der Waals surface area contributed by atoms with Crippen LogP contribution in [0.15, 0.2) is 48.5 Å². The Morgan fingerprint density at radius 2 is 1.96 bits per heavy atom. The Morgan fingerprint density at radius 1 is 1.24 bits per heavy atom. The first kappa shape index (κ1) is 17.3. The molecule has 5 heteroatoms. The van der Waals surface area contributed by atoms with Gasteiger partial charge in [0.25, 0.3) is 0 Å². The minimum absolute atomic E-state index is 0.199. The van der Waals surface area contributed by atoms with Crippen molar-refractivity contribution in [3.63, 3.8) is 0 Å². The van der Waals surface area contributed by atoms with Gasteiger partial charge in [-0.05, 0) is 35.9 Å². The molecule has 25 heavy (non-hydrogen) atoms. The van der Waals surface area contributed by atoms with E-state index in [4.69, 9.17) is 4.74 Å². The molecular formula is C20H23NO4. The molecule has 0 aliphatic carbocycles. The molecule has 0 fully saturated rings. The zero-order chi connectivity index (χ0) is 17.8. The average Bonchev–Trinajstić information content (AvgIpc) is 2.96. The number of aliphatic hydroxyl groups excluding tert-OH is 1. The molecule has 0 saturated carbocycles.